The summed E-state index contributed by atoms with van der Waals surface area (Å²) in [6.45, 7) is 0.852. The minimum absolute atomic E-state index is 0.0735. The van der Waals surface area contributed by atoms with Gasteiger partial charge in [0.15, 0.2) is 0 Å². The molecule has 21 heavy (non-hydrogen) atoms. The molecule has 1 aliphatic rings. The second-order valence-corrected chi connectivity index (χ2v) is 5.32. The van der Waals surface area contributed by atoms with Crippen LogP contribution in [-0.4, -0.2) is 40.0 Å². The standard InChI is InChI=1S/C16H16N2O3/c19-14-9-13(16(20)21)10-18(14)8-6-12-4-1-3-11-5-2-7-17-15(11)12/h1-5,7,13H,6,8-10H2,(H,20,21). The highest BCUT2D eigenvalue weighted by Gasteiger charge is 2.33. The second kappa shape index (κ2) is 5.52. The predicted octanol–water partition coefficient (Wildman–Crippen LogP) is 1.71. The number of benzene rings is 1. The predicted molar refractivity (Wildman–Crippen MR) is 77.8 cm³/mol. The number of carboxylic acids is 1. The summed E-state index contributed by atoms with van der Waals surface area (Å²) in [5, 5.41) is 10.1. The van der Waals surface area contributed by atoms with Crippen LogP contribution in [0.5, 0.6) is 0 Å². The van der Waals surface area contributed by atoms with Crippen molar-refractivity contribution in [2.45, 2.75) is 12.8 Å². The molecule has 1 saturated heterocycles. The van der Waals surface area contributed by atoms with E-state index in [4.69, 9.17) is 5.11 Å². The van der Waals surface area contributed by atoms with Gasteiger partial charge in [-0.3, -0.25) is 14.6 Å². The van der Waals surface area contributed by atoms with Gasteiger partial charge < -0.3 is 10.0 Å². The maximum Gasteiger partial charge on any atom is 0.308 e. The van der Waals surface area contributed by atoms with E-state index in [1.165, 1.54) is 0 Å². The van der Waals surface area contributed by atoms with Crippen LogP contribution in [0, 0.1) is 5.92 Å². The Morgan fingerprint density at radius 1 is 1.33 bits per heavy atom. The van der Waals surface area contributed by atoms with Crippen molar-refractivity contribution in [3.8, 4) is 0 Å². The summed E-state index contributed by atoms with van der Waals surface area (Å²) in [4.78, 5) is 28.8. The number of para-hydroxylation sites is 1. The third-order valence-corrected chi connectivity index (χ3v) is 3.93. The maximum absolute atomic E-state index is 11.8. The Kier molecular flexibility index (Phi) is 3.56. The molecule has 0 saturated carbocycles. The van der Waals surface area contributed by atoms with Crippen molar-refractivity contribution in [1.29, 1.82) is 0 Å². The van der Waals surface area contributed by atoms with Crippen LogP contribution in [0.4, 0.5) is 0 Å². The van der Waals surface area contributed by atoms with Crippen LogP contribution in [0.1, 0.15) is 12.0 Å². The normalized spacial score (nSPS) is 18.4. The monoisotopic (exact) mass is 284 g/mol. The number of aliphatic carboxylic acids is 1. The smallest absolute Gasteiger partial charge is 0.308 e. The molecule has 3 rings (SSSR count). The Hall–Kier alpha value is -2.43. The molecule has 1 aromatic heterocycles. The molecule has 1 atom stereocenters. The first-order valence-electron chi connectivity index (χ1n) is 6.98. The zero-order chi connectivity index (χ0) is 14.8. The molecule has 5 heteroatoms. The minimum atomic E-state index is -0.891. The van der Waals surface area contributed by atoms with E-state index in [1.807, 2.05) is 30.3 Å². The number of carbonyl (C=O) groups excluding carboxylic acids is 1. The number of likely N-dealkylation sites (tertiary alicyclic amines) is 1. The molecule has 1 amide bonds. The Balaban J connectivity index is 1.73. The lowest BCUT2D eigenvalue weighted by Gasteiger charge is -2.16. The Labute approximate surface area is 122 Å². The number of rotatable bonds is 4. The van der Waals surface area contributed by atoms with E-state index in [0.717, 1.165) is 16.5 Å². The molecule has 2 heterocycles. The summed E-state index contributed by atoms with van der Waals surface area (Å²) in [6.07, 6.45) is 2.56. The first-order chi connectivity index (χ1) is 10.1. The van der Waals surface area contributed by atoms with E-state index in [0.29, 0.717) is 19.5 Å². The second-order valence-electron chi connectivity index (χ2n) is 5.32. The zero-order valence-corrected chi connectivity index (χ0v) is 11.5. The van der Waals surface area contributed by atoms with E-state index in [2.05, 4.69) is 4.98 Å². The number of hydrogen-bond acceptors (Lipinski definition) is 3. The van der Waals surface area contributed by atoms with Crippen molar-refractivity contribution in [3.63, 3.8) is 0 Å². The molecule has 0 bridgehead atoms. The molecule has 0 aliphatic carbocycles. The van der Waals surface area contributed by atoms with Gasteiger partial charge in [0, 0.05) is 31.1 Å². The van der Waals surface area contributed by atoms with Crippen LogP contribution < -0.4 is 0 Å². The number of amides is 1. The van der Waals surface area contributed by atoms with Crippen molar-refractivity contribution >= 4 is 22.8 Å². The highest BCUT2D eigenvalue weighted by atomic mass is 16.4. The highest BCUT2D eigenvalue weighted by molar-refractivity contribution is 5.86. The molecule has 1 aromatic carbocycles. The van der Waals surface area contributed by atoms with Gasteiger partial charge in [0.2, 0.25) is 5.91 Å². The lowest BCUT2D eigenvalue weighted by atomic mass is 10.1. The van der Waals surface area contributed by atoms with Gasteiger partial charge >= 0.3 is 5.97 Å². The Bertz CT molecular complexity index is 693. The molecule has 0 radical (unpaired) electrons. The molecule has 5 nitrogen and oxygen atoms in total. The average Bonchev–Trinajstić information content (AvgIpc) is 2.86. The molecule has 1 aliphatic heterocycles. The van der Waals surface area contributed by atoms with Crippen molar-refractivity contribution in [2.24, 2.45) is 5.92 Å². The number of carbonyl (C=O) groups is 2. The molecule has 1 N–H and O–H groups in total. The van der Waals surface area contributed by atoms with Gasteiger partial charge in [0.1, 0.15) is 0 Å². The van der Waals surface area contributed by atoms with Crippen molar-refractivity contribution in [1.82, 2.24) is 9.88 Å². The lowest BCUT2D eigenvalue weighted by molar-refractivity contribution is -0.141. The fraction of sp³-hybridized carbons (Fsp3) is 0.312. The van der Waals surface area contributed by atoms with E-state index >= 15 is 0 Å². The van der Waals surface area contributed by atoms with Gasteiger partial charge in [-0.05, 0) is 18.1 Å². The number of fused-ring (bicyclic) bond motifs is 1. The van der Waals surface area contributed by atoms with Gasteiger partial charge in [-0.15, -0.1) is 0 Å². The number of pyridine rings is 1. The van der Waals surface area contributed by atoms with Gasteiger partial charge in [-0.25, -0.2) is 0 Å². The van der Waals surface area contributed by atoms with Crippen LogP contribution in [0.15, 0.2) is 36.5 Å². The molecule has 1 unspecified atom stereocenters. The summed E-state index contributed by atoms with van der Waals surface area (Å²) in [5.74, 6) is -1.53. The molecule has 2 aromatic rings. The molecule has 0 spiro atoms. The number of carboxylic acid groups (broad SMARTS) is 1. The summed E-state index contributed by atoms with van der Waals surface area (Å²) >= 11 is 0. The number of hydrogen-bond donors (Lipinski definition) is 1. The largest absolute Gasteiger partial charge is 0.481 e. The SMILES string of the molecule is O=C(O)C1CC(=O)N(CCc2cccc3cccnc23)C1. The molecular weight excluding hydrogens is 268 g/mol. The van der Waals surface area contributed by atoms with Crippen LogP contribution >= 0.6 is 0 Å². The van der Waals surface area contributed by atoms with Crippen molar-refractivity contribution in [3.05, 3.63) is 42.1 Å². The van der Waals surface area contributed by atoms with E-state index in [9.17, 15) is 9.59 Å². The quantitative estimate of drug-likeness (QED) is 0.928. The maximum atomic E-state index is 11.8. The van der Waals surface area contributed by atoms with Crippen LogP contribution in [0.25, 0.3) is 10.9 Å². The number of aromatic nitrogens is 1. The summed E-state index contributed by atoms with van der Waals surface area (Å²) in [6, 6.07) is 9.89. The topological polar surface area (TPSA) is 70.5 Å². The van der Waals surface area contributed by atoms with Crippen molar-refractivity contribution in [2.75, 3.05) is 13.1 Å². The molecule has 108 valence electrons. The third kappa shape index (κ3) is 2.72. The first kappa shape index (κ1) is 13.5. The fourth-order valence-corrected chi connectivity index (χ4v) is 2.78. The van der Waals surface area contributed by atoms with E-state index in [1.54, 1.807) is 11.1 Å². The zero-order valence-electron chi connectivity index (χ0n) is 11.5. The van der Waals surface area contributed by atoms with E-state index in [-0.39, 0.29) is 12.3 Å². The summed E-state index contributed by atoms with van der Waals surface area (Å²) in [5.41, 5.74) is 2.03. The van der Waals surface area contributed by atoms with Gasteiger partial charge in [0.25, 0.3) is 0 Å². The minimum Gasteiger partial charge on any atom is -0.481 e. The van der Waals surface area contributed by atoms with Gasteiger partial charge in [-0.1, -0.05) is 24.3 Å². The fourth-order valence-electron chi connectivity index (χ4n) is 2.78. The van der Waals surface area contributed by atoms with E-state index < -0.39 is 11.9 Å². The highest BCUT2D eigenvalue weighted by Crippen LogP contribution is 2.20. The third-order valence-electron chi connectivity index (χ3n) is 3.93. The Morgan fingerprint density at radius 3 is 2.90 bits per heavy atom. The van der Waals surface area contributed by atoms with Crippen LogP contribution in [0.2, 0.25) is 0 Å². The van der Waals surface area contributed by atoms with Gasteiger partial charge in [-0.2, -0.15) is 0 Å². The van der Waals surface area contributed by atoms with Crippen molar-refractivity contribution < 1.29 is 14.7 Å². The summed E-state index contributed by atoms with van der Waals surface area (Å²) in [7, 11) is 0. The Morgan fingerprint density at radius 2 is 2.14 bits per heavy atom. The van der Waals surface area contributed by atoms with Crippen LogP contribution in [0.3, 0.4) is 0 Å². The average molecular weight is 284 g/mol. The van der Waals surface area contributed by atoms with Gasteiger partial charge in [0.05, 0.1) is 11.4 Å². The van der Waals surface area contributed by atoms with Crippen LogP contribution in [-0.2, 0) is 16.0 Å². The summed E-state index contributed by atoms with van der Waals surface area (Å²) < 4.78 is 0. The molecular formula is C16H16N2O3. The molecule has 1 fully saturated rings. The number of nitrogens with zero attached hydrogens (tertiary/aromatic N) is 2. The first-order valence-corrected chi connectivity index (χ1v) is 6.98. The lowest BCUT2D eigenvalue weighted by Crippen LogP contribution is -2.28.